The van der Waals surface area contributed by atoms with Crippen LogP contribution in [0.4, 0.5) is 10.1 Å². The lowest BCUT2D eigenvalue weighted by Gasteiger charge is -2.15. The van der Waals surface area contributed by atoms with E-state index in [4.69, 9.17) is 5.11 Å². The normalized spacial score (nSPS) is 16.1. The van der Waals surface area contributed by atoms with Crippen molar-refractivity contribution in [1.82, 2.24) is 0 Å². The number of benzene rings is 1. The summed E-state index contributed by atoms with van der Waals surface area (Å²) in [5.74, 6) is -2.13. The molecule has 0 bridgehead atoms. The number of phenols is 1. The van der Waals surface area contributed by atoms with Crippen LogP contribution in [0.1, 0.15) is 13.8 Å². The number of carbonyl (C=O) groups is 2. The molecule has 5 heteroatoms. The molecule has 1 heterocycles. The van der Waals surface area contributed by atoms with Crippen molar-refractivity contribution >= 4 is 17.5 Å². The van der Waals surface area contributed by atoms with Crippen molar-refractivity contribution in [3.63, 3.8) is 0 Å². The van der Waals surface area contributed by atoms with Crippen LogP contribution in [-0.2, 0) is 9.59 Å². The van der Waals surface area contributed by atoms with Crippen LogP contribution in [0, 0.1) is 5.82 Å². The SMILES string of the molecule is CC1=C(C)C(=O)N(c2ccc(O)cc2F)C1=O. The molecule has 0 spiro atoms. The molecule has 0 atom stereocenters. The average Bonchev–Trinajstić information content (AvgIpc) is 2.45. The summed E-state index contributed by atoms with van der Waals surface area (Å²) in [5, 5.41) is 9.08. The van der Waals surface area contributed by atoms with Crippen LogP contribution in [0.2, 0.25) is 0 Å². The van der Waals surface area contributed by atoms with Crippen molar-refractivity contribution in [2.24, 2.45) is 0 Å². The maximum atomic E-state index is 13.6. The highest BCUT2D eigenvalue weighted by Gasteiger charge is 2.35. The van der Waals surface area contributed by atoms with E-state index in [1.165, 1.54) is 26.0 Å². The molecule has 17 heavy (non-hydrogen) atoms. The van der Waals surface area contributed by atoms with Crippen molar-refractivity contribution < 1.29 is 19.1 Å². The summed E-state index contributed by atoms with van der Waals surface area (Å²) in [6, 6.07) is 3.28. The summed E-state index contributed by atoms with van der Waals surface area (Å²) < 4.78 is 13.6. The van der Waals surface area contributed by atoms with Crippen LogP contribution in [-0.4, -0.2) is 16.9 Å². The topological polar surface area (TPSA) is 57.6 Å². The Balaban J connectivity index is 2.50. The van der Waals surface area contributed by atoms with E-state index in [1.807, 2.05) is 0 Å². The second kappa shape index (κ2) is 3.69. The molecule has 2 rings (SSSR count). The summed E-state index contributed by atoms with van der Waals surface area (Å²) in [7, 11) is 0. The van der Waals surface area contributed by atoms with E-state index in [1.54, 1.807) is 0 Å². The molecule has 0 fully saturated rings. The third-order valence-corrected chi connectivity index (χ3v) is 2.78. The maximum Gasteiger partial charge on any atom is 0.261 e. The van der Waals surface area contributed by atoms with E-state index in [2.05, 4.69) is 0 Å². The third kappa shape index (κ3) is 1.60. The van der Waals surface area contributed by atoms with Gasteiger partial charge >= 0.3 is 0 Å². The molecule has 1 N–H and O–H groups in total. The molecule has 1 aliphatic rings. The predicted octanol–water partition coefficient (Wildman–Crippen LogP) is 1.74. The first-order valence-corrected chi connectivity index (χ1v) is 4.98. The Labute approximate surface area is 97.0 Å². The van der Waals surface area contributed by atoms with E-state index in [-0.39, 0.29) is 11.4 Å². The van der Waals surface area contributed by atoms with Gasteiger partial charge in [-0.2, -0.15) is 0 Å². The molecule has 4 nitrogen and oxygen atoms in total. The van der Waals surface area contributed by atoms with E-state index in [9.17, 15) is 14.0 Å². The number of carbonyl (C=O) groups excluding carboxylic acids is 2. The highest BCUT2D eigenvalue weighted by Crippen LogP contribution is 2.30. The number of amides is 2. The molecule has 0 saturated carbocycles. The van der Waals surface area contributed by atoms with Gasteiger partial charge in [0.05, 0.1) is 5.69 Å². The first-order valence-electron chi connectivity index (χ1n) is 4.98. The number of phenolic OH excluding ortho intramolecular Hbond substituents is 1. The summed E-state index contributed by atoms with van der Waals surface area (Å²) >= 11 is 0. The number of anilines is 1. The van der Waals surface area contributed by atoms with E-state index >= 15 is 0 Å². The molecule has 1 aromatic carbocycles. The number of hydrogen-bond acceptors (Lipinski definition) is 3. The second-order valence-electron chi connectivity index (χ2n) is 3.83. The Morgan fingerprint density at radius 3 is 2.12 bits per heavy atom. The van der Waals surface area contributed by atoms with Gasteiger partial charge in [-0.05, 0) is 26.0 Å². The van der Waals surface area contributed by atoms with Gasteiger partial charge in [-0.25, -0.2) is 9.29 Å². The Morgan fingerprint density at radius 1 is 1.12 bits per heavy atom. The van der Waals surface area contributed by atoms with Crippen LogP contribution >= 0.6 is 0 Å². The molecule has 2 amide bonds. The molecule has 0 aromatic heterocycles. The highest BCUT2D eigenvalue weighted by molar-refractivity contribution is 6.32. The fraction of sp³-hybridized carbons (Fsp3) is 0.167. The minimum absolute atomic E-state index is 0.144. The summed E-state index contributed by atoms with van der Waals surface area (Å²) in [6.45, 7) is 3.04. The van der Waals surface area contributed by atoms with Crippen LogP contribution in [0.3, 0.4) is 0 Å². The molecular formula is C12H10FNO3. The highest BCUT2D eigenvalue weighted by atomic mass is 19.1. The number of halogens is 1. The quantitative estimate of drug-likeness (QED) is 0.754. The number of aromatic hydroxyl groups is 1. The third-order valence-electron chi connectivity index (χ3n) is 2.78. The minimum Gasteiger partial charge on any atom is -0.508 e. The zero-order chi connectivity index (χ0) is 12.7. The lowest BCUT2D eigenvalue weighted by Crippen LogP contribution is -2.32. The van der Waals surface area contributed by atoms with Crippen molar-refractivity contribution in [3.8, 4) is 5.75 Å². The Kier molecular flexibility index (Phi) is 2.46. The van der Waals surface area contributed by atoms with Gasteiger partial charge in [0.25, 0.3) is 11.8 Å². The first-order chi connectivity index (χ1) is 7.93. The van der Waals surface area contributed by atoms with Crippen LogP contribution in [0.15, 0.2) is 29.3 Å². The zero-order valence-electron chi connectivity index (χ0n) is 9.32. The number of rotatable bonds is 1. The van der Waals surface area contributed by atoms with Crippen LogP contribution in [0.25, 0.3) is 0 Å². The average molecular weight is 235 g/mol. The van der Waals surface area contributed by atoms with Crippen molar-refractivity contribution in [2.75, 3.05) is 4.90 Å². The number of hydrogen-bond donors (Lipinski definition) is 1. The Bertz CT molecular complexity index is 539. The molecule has 0 radical (unpaired) electrons. The van der Waals surface area contributed by atoms with Gasteiger partial charge < -0.3 is 5.11 Å². The van der Waals surface area contributed by atoms with Crippen molar-refractivity contribution in [3.05, 3.63) is 35.2 Å². The maximum absolute atomic E-state index is 13.6. The largest absolute Gasteiger partial charge is 0.508 e. The Morgan fingerprint density at radius 2 is 1.65 bits per heavy atom. The lowest BCUT2D eigenvalue weighted by atomic mass is 10.2. The summed E-state index contributed by atoms with van der Waals surface area (Å²) in [6.07, 6.45) is 0. The molecular weight excluding hydrogens is 225 g/mol. The van der Waals surface area contributed by atoms with E-state index in [0.717, 1.165) is 11.0 Å². The van der Waals surface area contributed by atoms with Gasteiger partial charge in [-0.15, -0.1) is 0 Å². The van der Waals surface area contributed by atoms with E-state index in [0.29, 0.717) is 11.1 Å². The molecule has 0 unspecified atom stereocenters. The molecule has 88 valence electrons. The standard InChI is InChI=1S/C12H10FNO3/c1-6-7(2)12(17)14(11(6)16)10-4-3-8(15)5-9(10)13/h3-5,15H,1-2H3. The lowest BCUT2D eigenvalue weighted by molar-refractivity contribution is -0.120. The smallest absolute Gasteiger partial charge is 0.261 e. The van der Waals surface area contributed by atoms with Crippen molar-refractivity contribution in [2.45, 2.75) is 13.8 Å². The van der Waals surface area contributed by atoms with Gasteiger partial charge in [-0.3, -0.25) is 9.59 Å². The van der Waals surface area contributed by atoms with Crippen molar-refractivity contribution in [1.29, 1.82) is 0 Å². The van der Waals surface area contributed by atoms with E-state index < -0.39 is 17.6 Å². The predicted molar refractivity (Wildman–Crippen MR) is 58.9 cm³/mol. The zero-order valence-corrected chi connectivity index (χ0v) is 9.32. The molecule has 0 saturated heterocycles. The first kappa shape index (κ1) is 11.3. The number of nitrogens with zero attached hydrogens (tertiary/aromatic N) is 1. The van der Waals surface area contributed by atoms with Gasteiger partial charge in [0.2, 0.25) is 0 Å². The number of imide groups is 1. The van der Waals surface area contributed by atoms with Crippen LogP contribution in [0.5, 0.6) is 5.75 Å². The minimum atomic E-state index is -0.811. The van der Waals surface area contributed by atoms with Gasteiger partial charge in [0.15, 0.2) is 5.82 Å². The molecule has 1 aromatic rings. The fourth-order valence-corrected chi connectivity index (χ4v) is 1.64. The van der Waals surface area contributed by atoms with Gasteiger partial charge in [0.1, 0.15) is 5.75 Å². The monoisotopic (exact) mass is 235 g/mol. The summed E-state index contributed by atoms with van der Waals surface area (Å²) in [5.41, 5.74) is 0.471. The van der Waals surface area contributed by atoms with Gasteiger partial charge in [0, 0.05) is 17.2 Å². The molecule has 1 aliphatic heterocycles. The second-order valence-corrected chi connectivity index (χ2v) is 3.83. The fourth-order valence-electron chi connectivity index (χ4n) is 1.64. The van der Waals surface area contributed by atoms with Crippen LogP contribution < -0.4 is 4.90 Å². The van der Waals surface area contributed by atoms with Gasteiger partial charge in [-0.1, -0.05) is 0 Å². The Hall–Kier alpha value is -2.17. The molecule has 0 aliphatic carbocycles. The summed E-state index contributed by atoms with van der Waals surface area (Å²) in [4.78, 5) is 24.3.